The highest BCUT2D eigenvalue weighted by atomic mass is 16.5. The van der Waals surface area contributed by atoms with Crippen molar-refractivity contribution in [2.24, 2.45) is 0 Å². The average Bonchev–Trinajstić information content (AvgIpc) is 2.80. The molecule has 32 heavy (non-hydrogen) atoms. The van der Waals surface area contributed by atoms with Crippen LogP contribution in [-0.2, 0) is 0 Å². The fourth-order valence-electron chi connectivity index (χ4n) is 3.01. The van der Waals surface area contributed by atoms with Crippen LogP contribution in [0, 0.1) is 13.8 Å². The van der Waals surface area contributed by atoms with Gasteiger partial charge in [0.2, 0.25) is 0 Å². The lowest BCUT2D eigenvalue weighted by atomic mass is 10.0. The van der Waals surface area contributed by atoms with E-state index in [1.54, 1.807) is 49.2 Å². The molecule has 1 amide bonds. The van der Waals surface area contributed by atoms with Gasteiger partial charge in [-0.25, -0.2) is 19.9 Å². The molecule has 4 aromatic rings. The Morgan fingerprint density at radius 3 is 2.38 bits per heavy atom. The maximum Gasteiger partial charge on any atom is 0.321 e. The minimum atomic E-state index is -0.272. The van der Waals surface area contributed by atoms with Crippen LogP contribution in [0.3, 0.4) is 0 Å². The second-order valence-electron chi connectivity index (χ2n) is 7.36. The lowest BCUT2D eigenvalue weighted by Gasteiger charge is -2.15. The van der Waals surface area contributed by atoms with Crippen LogP contribution in [0.25, 0.3) is 11.3 Å². The van der Waals surface area contributed by atoms with Gasteiger partial charge in [0.1, 0.15) is 11.6 Å². The van der Waals surface area contributed by atoms with Crippen LogP contribution in [0.5, 0.6) is 11.8 Å². The third kappa shape index (κ3) is 5.10. The summed E-state index contributed by atoms with van der Waals surface area (Å²) in [5.41, 5.74) is 3.76. The van der Waals surface area contributed by atoms with Crippen molar-refractivity contribution in [1.82, 2.24) is 30.2 Å². The Hall–Kier alpha value is -4.20. The first-order chi connectivity index (χ1) is 15.5. The lowest BCUT2D eigenvalue weighted by Crippen LogP contribution is -2.27. The summed E-state index contributed by atoms with van der Waals surface area (Å²) in [6, 6.07) is 10.7. The molecule has 3 heterocycles. The summed E-state index contributed by atoms with van der Waals surface area (Å²) in [4.78, 5) is 34.1. The van der Waals surface area contributed by atoms with Crippen molar-refractivity contribution in [2.75, 3.05) is 0 Å². The summed E-state index contributed by atoms with van der Waals surface area (Å²) in [5, 5.41) is 2.98. The summed E-state index contributed by atoms with van der Waals surface area (Å²) >= 11 is 0. The van der Waals surface area contributed by atoms with Crippen molar-refractivity contribution in [3.05, 3.63) is 89.9 Å². The van der Waals surface area contributed by atoms with E-state index in [1.807, 2.05) is 39.0 Å². The van der Waals surface area contributed by atoms with Crippen LogP contribution in [0.15, 0.2) is 67.4 Å². The third-order valence-electron chi connectivity index (χ3n) is 4.78. The number of pyridine rings is 1. The van der Waals surface area contributed by atoms with Crippen LogP contribution >= 0.6 is 0 Å². The fraction of sp³-hybridized carbons (Fsp3) is 0.167. The van der Waals surface area contributed by atoms with Gasteiger partial charge in [-0.15, -0.1) is 0 Å². The van der Waals surface area contributed by atoms with E-state index in [0.29, 0.717) is 17.1 Å². The van der Waals surface area contributed by atoms with E-state index in [9.17, 15) is 4.79 Å². The lowest BCUT2D eigenvalue weighted by molar-refractivity contribution is 0.0939. The highest BCUT2D eigenvalue weighted by Crippen LogP contribution is 2.28. The fourth-order valence-corrected chi connectivity index (χ4v) is 3.01. The molecule has 0 aliphatic carbocycles. The molecule has 0 fully saturated rings. The van der Waals surface area contributed by atoms with Crippen LogP contribution < -0.4 is 10.1 Å². The number of hydrogen-bond acceptors (Lipinski definition) is 7. The first kappa shape index (κ1) is 21.0. The van der Waals surface area contributed by atoms with E-state index in [2.05, 4.69) is 30.2 Å². The van der Waals surface area contributed by atoms with Crippen LogP contribution in [-0.4, -0.2) is 30.8 Å². The number of nitrogens with one attached hydrogen (secondary N) is 1. The van der Waals surface area contributed by atoms with E-state index in [-0.39, 0.29) is 18.0 Å². The monoisotopic (exact) mass is 426 g/mol. The topological polar surface area (TPSA) is 103 Å². The zero-order chi connectivity index (χ0) is 22.5. The largest absolute Gasteiger partial charge is 0.424 e. The molecule has 0 saturated heterocycles. The Labute approximate surface area is 185 Å². The molecule has 0 aliphatic heterocycles. The summed E-state index contributed by atoms with van der Waals surface area (Å²) in [7, 11) is 0. The van der Waals surface area contributed by atoms with Crippen molar-refractivity contribution < 1.29 is 9.53 Å². The summed E-state index contributed by atoms with van der Waals surface area (Å²) in [6.07, 6.45) is 8.38. The van der Waals surface area contributed by atoms with Gasteiger partial charge in [0, 0.05) is 47.7 Å². The summed E-state index contributed by atoms with van der Waals surface area (Å²) in [6.45, 7) is 5.67. The molecule has 0 spiro atoms. The number of amides is 1. The molecule has 1 aromatic carbocycles. The second-order valence-corrected chi connectivity index (χ2v) is 7.36. The zero-order valence-electron chi connectivity index (χ0n) is 18.0. The van der Waals surface area contributed by atoms with E-state index in [4.69, 9.17) is 4.74 Å². The standard InChI is InChI=1S/C24H22N6O2/c1-15-5-6-22(29-12-15)18-9-19(11-21(10-18)32-24-25-7-4-8-26-24)23(31)30-16(2)20-13-27-17(3)28-14-20/h4-14,16H,1-3H3,(H,30,31)/t16-/m1/s1. The van der Waals surface area contributed by atoms with Gasteiger partial charge in [-0.2, -0.15) is 0 Å². The SMILES string of the molecule is Cc1ccc(-c2cc(Oc3ncccn3)cc(C(=O)N[C@H](C)c3cnc(C)nc3)c2)nc1. The van der Waals surface area contributed by atoms with Gasteiger partial charge in [-0.3, -0.25) is 9.78 Å². The first-order valence-electron chi connectivity index (χ1n) is 10.1. The molecule has 3 aromatic heterocycles. The molecular weight excluding hydrogens is 404 g/mol. The van der Waals surface area contributed by atoms with Gasteiger partial charge >= 0.3 is 6.01 Å². The van der Waals surface area contributed by atoms with E-state index in [1.165, 1.54) is 0 Å². The van der Waals surface area contributed by atoms with Crippen LogP contribution in [0.4, 0.5) is 0 Å². The van der Waals surface area contributed by atoms with Gasteiger partial charge in [0.25, 0.3) is 5.91 Å². The predicted molar refractivity (Wildman–Crippen MR) is 119 cm³/mol. The molecule has 0 saturated carbocycles. The minimum absolute atomic E-state index is 0.193. The van der Waals surface area contributed by atoms with Crippen LogP contribution in [0.1, 0.15) is 40.3 Å². The summed E-state index contributed by atoms with van der Waals surface area (Å²) < 4.78 is 5.81. The number of nitrogens with zero attached hydrogens (tertiary/aromatic N) is 5. The Kier molecular flexibility index (Phi) is 6.12. The number of rotatable bonds is 6. The minimum Gasteiger partial charge on any atom is -0.424 e. The van der Waals surface area contributed by atoms with Gasteiger partial charge in [0.05, 0.1) is 11.7 Å². The number of benzene rings is 1. The predicted octanol–water partition coefficient (Wildman–Crippen LogP) is 4.23. The van der Waals surface area contributed by atoms with Gasteiger partial charge < -0.3 is 10.1 Å². The van der Waals surface area contributed by atoms with E-state index in [0.717, 1.165) is 22.4 Å². The van der Waals surface area contributed by atoms with Crippen molar-refractivity contribution in [3.63, 3.8) is 0 Å². The van der Waals surface area contributed by atoms with Crippen LogP contribution in [0.2, 0.25) is 0 Å². The van der Waals surface area contributed by atoms with Gasteiger partial charge in [-0.1, -0.05) is 6.07 Å². The maximum atomic E-state index is 13.1. The average molecular weight is 426 g/mol. The Morgan fingerprint density at radius 2 is 1.69 bits per heavy atom. The van der Waals surface area contributed by atoms with Crippen molar-refractivity contribution in [2.45, 2.75) is 26.8 Å². The van der Waals surface area contributed by atoms with Crippen molar-refractivity contribution in [3.8, 4) is 23.0 Å². The molecule has 1 atom stereocenters. The molecule has 0 unspecified atom stereocenters. The molecule has 8 heteroatoms. The quantitative estimate of drug-likeness (QED) is 0.492. The number of carbonyl (C=O) groups is 1. The second kappa shape index (κ2) is 9.30. The van der Waals surface area contributed by atoms with Gasteiger partial charge in [0.15, 0.2) is 0 Å². The maximum absolute atomic E-state index is 13.1. The van der Waals surface area contributed by atoms with Gasteiger partial charge in [-0.05, 0) is 56.7 Å². The molecule has 8 nitrogen and oxygen atoms in total. The number of aromatic nitrogens is 5. The Bertz CT molecular complexity index is 1210. The normalized spacial score (nSPS) is 11.6. The molecular formula is C24H22N6O2. The molecule has 160 valence electrons. The third-order valence-corrected chi connectivity index (χ3v) is 4.78. The smallest absolute Gasteiger partial charge is 0.321 e. The van der Waals surface area contributed by atoms with E-state index >= 15 is 0 Å². The van der Waals surface area contributed by atoms with Crippen molar-refractivity contribution in [1.29, 1.82) is 0 Å². The molecule has 0 bridgehead atoms. The highest BCUT2D eigenvalue weighted by molar-refractivity contribution is 5.96. The molecule has 4 rings (SSSR count). The number of hydrogen-bond donors (Lipinski definition) is 1. The summed E-state index contributed by atoms with van der Waals surface area (Å²) in [5.74, 6) is 0.855. The molecule has 0 radical (unpaired) electrons. The number of aryl methyl sites for hydroxylation is 2. The highest BCUT2D eigenvalue weighted by Gasteiger charge is 2.16. The zero-order valence-corrected chi connectivity index (χ0v) is 18.0. The number of ether oxygens (including phenoxy) is 1. The van der Waals surface area contributed by atoms with Crippen molar-refractivity contribution >= 4 is 5.91 Å². The Balaban J connectivity index is 1.65. The molecule has 0 aliphatic rings. The molecule has 1 N–H and O–H groups in total. The number of carbonyl (C=O) groups excluding carboxylic acids is 1. The first-order valence-corrected chi connectivity index (χ1v) is 10.1. The Morgan fingerprint density at radius 1 is 0.938 bits per heavy atom. The van der Waals surface area contributed by atoms with E-state index < -0.39 is 0 Å².